The number of fused-ring (bicyclic) bond motifs is 1. The highest BCUT2D eigenvalue weighted by atomic mass is 19.3. The molecule has 7 nitrogen and oxygen atoms in total. The summed E-state index contributed by atoms with van der Waals surface area (Å²) < 4.78 is 41.8. The van der Waals surface area contributed by atoms with Gasteiger partial charge in [-0.25, -0.2) is 28.1 Å². The zero-order chi connectivity index (χ0) is 22.2. The molecule has 1 atom stereocenters. The Morgan fingerprint density at radius 1 is 1.09 bits per heavy atom. The van der Waals surface area contributed by atoms with Crippen molar-refractivity contribution in [1.82, 2.24) is 29.8 Å². The molecule has 10 heteroatoms. The zero-order valence-corrected chi connectivity index (χ0v) is 17.2. The molecule has 0 saturated carbocycles. The van der Waals surface area contributed by atoms with E-state index in [9.17, 15) is 13.2 Å². The minimum atomic E-state index is -2.72. The average Bonchev–Trinajstić information content (AvgIpc) is 3.18. The quantitative estimate of drug-likeness (QED) is 0.522. The Hall–Kier alpha value is -3.53. The van der Waals surface area contributed by atoms with Gasteiger partial charge in [0.2, 0.25) is 0 Å². The monoisotopic (exact) mass is 439 g/mol. The zero-order valence-electron chi connectivity index (χ0n) is 17.2. The average molecular weight is 439 g/mol. The van der Waals surface area contributed by atoms with Crippen LogP contribution in [0.1, 0.15) is 19.0 Å². The molecule has 0 radical (unpaired) electrons. The first kappa shape index (κ1) is 20.4. The molecular formula is C22H20F3N7. The summed E-state index contributed by atoms with van der Waals surface area (Å²) in [5.41, 5.74) is 1.55. The molecule has 0 aliphatic carbocycles. The fourth-order valence-electron chi connectivity index (χ4n) is 3.91. The van der Waals surface area contributed by atoms with E-state index in [-0.39, 0.29) is 11.7 Å². The Bertz CT molecular complexity index is 1260. The van der Waals surface area contributed by atoms with Crippen LogP contribution in [0, 0.1) is 5.82 Å². The molecule has 164 valence electrons. The van der Waals surface area contributed by atoms with Crippen LogP contribution in [-0.4, -0.2) is 50.2 Å². The third-order valence-electron chi connectivity index (χ3n) is 5.49. The Labute approximate surface area is 182 Å². The van der Waals surface area contributed by atoms with Crippen LogP contribution in [0.3, 0.4) is 0 Å². The number of anilines is 1. The van der Waals surface area contributed by atoms with Gasteiger partial charge >= 0.3 is 0 Å². The van der Waals surface area contributed by atoms with Gasteiger partial charge in [-0.3, -0.25) is 9.55 Å². The van der Waals surface area contributed by atoms with Gasteiger partial charge in [-0.2, -0.15) is 0 Å². The molecule has 0 spiro atoms. The normalized spacial score (nSPS) is 16.8. The number of piperazine rings is 1. The minimum Gasteiger partial charge on any atom is -0.351 e. The van der Waals surface area contributed by atoms with Crippen LogP contribution >= 0.6 is 0 Å². The van der Waals surface area contributed by atoms with E-state index in [1.165, 1.54) is 24.4 Å². The standard InChI is InChI=1S/C22H20F3N7/c1-13-11-26-8-9-31(13)19-5-4-17-22(30-19)32(15-6-7-27-18(10-15)20(24)25)21(29-17)16-3-2-14(23)12-28-16/h2-7,10,12-13,20,26H,8-9,11H2,1H3/t13-/m1/s1. The van der Waals surface area contributed by atoms with Gasteiger partial charge in [-0.1, -0.05) is 0 Å². The third-order valence-corrected chi connectivity index (χ3v) is 5.49. The fourth-order valence-corrected chi connectivity index (χ4v) is 3.91. The molecule has 1 N–H and O–H groups in total. The van der Waals surface area contributed by atoms with Gasteiger partial charge in [0.1, 0.15) is 28.5 Å². The lowest BCUT2D eigenvalue weighted by molar-refractivity contribution is 0.146. The molecule has 0 unspecified atom stereocenters. The minimum absolute atomic E-state index is 0.245. The molecular weight excluding hydrogens is 419 g/mol. The second-order valence-corrected chi connectivity index (χ2v) is 7.63. The maximum atomic E-state index is 13.5. The van der Waals surface area contributed by atoms with E-state index in [0.717, 1.165) is 31.6 Å². The highest BCUT2D eigenvalue weighted by Crippen LogP contribution is 2.30. The lowest BCUT2D eigenvalue weighted by Crippen LogP contribution is -2.50. The summed E-state index contributed by atoms with van der Waals surface area (Å²) in [6.45, 7) is 4.59. The number of pyridine rings is 3. The van der Waals surface area contributed by atoms with Crippen molar-refractivity contribution in [2.75, 3.05) is 24.5 Å². The molecule has 32 heavy (non-hydrogen) atoms. The highest BCUT2D eigenvalue weighted by molar-refractivity contribution is 5.81. The van der Waals surface area contributed by atoms with Crippen molar-refractivity contribution >= 4 is 17.0 Å². The number of alkyl halides is 2. The summed E-state index contributed by atoms with van der Waals surface area (Å²) in [5.74, 6) is 0.673. The third kappa shape index (κ3) is 3.66. The number of nitrogens with zero attached hydrogens (tertiary/aromatic N) is 6. The largest absolute Gasteiger partial charge is 0.351 e. The summed E-state index contributed by atoms with van der Waals surface area (Å²) in [7, 11) is 0. The van der Waals surface area contributed by atoms with Crippen LogP contribution in [0.15, 0.2) is 48.8 Å². The summed E-state index contributed by atoms with van der Waals surface area (Å²) in [6, 6.07) is 9.70. The van der Waals surface area contributed by atoms with Gasteiger partial charge in [0.05, 0.1) is 11.9 Å². The summed E-state index contributed by atoms with van der Waals surface area (Å²) in [6.07, 6.45) is -0.299. The predicted molar refractivity (Wildman–Crippen MR) is 114 cm³/mol. The maximum absolute atomic E-state index is 13.5. The fraction of sp³-hybridized carbons (Fsp3) is 0.273. The van der Waals surface area contributed by atoms with Crippen LogP contribution in [0.2, 0.25) is 0 Å². The number of aromatic nitrogens is 5. The van der Waals surface area contributed by atoms with Gasteiger partial charge in [0, 0.05) is 31.9 Å². The Balaban J connectivity index is 1.73. The lowest BCUT2D eigenvalue weighted by Gasteiger charge is -2.34. The second-order valence-electron chi connectivity index (χ2n) is 7.63. The summed E-state index contributed by atoms with van der Waals surface area (Å²) >= 11 is 0. The number of hydrogen-bond donors (Lipinski definition) is 1. The second kappa shape index (κ2) is 8.19. The molecule has 0 amide bonds. The first-order valence-corrected chi connectivity index (χ1v) is 10.2. The van der Waals surface area contributed by atoms with Crippen LogP contribution in [-0.2, 0) is 0 Å². The van der Waals surface area contributed by atoms with E-state index in [1.807, 2.05) is 12.1 Å². The molecule has 1 aliphatic heterocycles. The first-order chi connectivity index (χ1) is 15.5. The lowest BCUT2D eigenvalue weighted by atomic mass is 10.2. The van der Waals surface area contributed by atoms with Crippen molar-refractivity contribution in [2.45, 2.75) is 19.4 Å². The Morgan fingerprint density at radius 2 is 1.97 bits per heavy atom. The summed E-state index contributed by atoms with van der Waals surface area (Å²) in [5, 5.41) is 3.35. The van der Waals surface area contributed by atoms with Crippen molar-refractivity contribution in [2.24, 2.45) is 0 Å². The van der Waals surface area contributed by atoms with E-state index < -0.39 is 12.2 Å². The molecule has 1 fully saturated rings. The van der Waals surface area contributed by atoms with E-state index in [4.69, 9.17) is 4.98 Å². The van der Waals surface area contributed by atoms with E-state index in [2.05, 4.69) is 32.1 Å². The van der Waals surface area contributed by atoms with Gasteiger partial charge in [0.25, 0.3) is 6.43 Å². The molecule has 5 rings (SSSR count). The van der Waals surface area contributed by atoms with E-state index in [1.54, 1.807) is 10.6 Å². The summed E-state index contributed by atoms with van der Waals surface area (Å²) in [4.78, 5) is 19.6. The Kier molecular flexibility index (Phi) is 5.22. The number of imidazole rings is 1. The van der Waals surface area contributed by atoms with Crippen molar-refractivity contribution in [3.63, 3.8) is 0 Å². The van der Waals surface area contributed by atoms with Gasteiger partial charge < -0.3 is 10.2 Å². The van der Waals surface area contributed by atoms with Crippen molar-refractivity contribution in [1.29, 1.82) is 0 Å². The molecule has 0 aromatic carbocycles. The first-order valence-electron chi connectivity index (χ1n) is 10.2. The van der Waals surface area contributed by atoms with Crippen LogP contribution in [0.25, 0.3) is 28.4 Å². The van der Waals surface area contributed by atoms with E-state index >= 15 is 0 Å². The smallest absolute Gasteiger partial charge is 0.280 e. The van der Waals surface area contributed by atoms with Gasteiger partial charge in [0.15, 0.2) is 11.5 Å². The highest BCUT2D eigenvalue weighted by Gasteiger charge is 2.23. The molecule has 5 heterocycles. The SMILES string of the molecule is C[C@@H]1CNCCN1c1ccc2nc(-c3ccc(F)cn3)n(-c3ccnc(C(F)F)c3)c2n1. The van der Waals surface area contributed by atoms with Gasteiger partial charge in [-0.05, 0) is 43.3 Å². The molecule has 4 aromatic rings. The topological polar surface area (TPSA) is 71.8 Å². The number of halogens is 3. The Morgan fingerprint density at radius 3 is 2.72 bits per heavy atom. The molecule has 1 aliphatic rings. The number of nitrogens with one attached hydrogen (secondary N) is 1. The van der Waals surface area contributed by atoms with Gasteiger partial charge in [-0.15, -0.1) is 0 Å². The number of rotatable bonds is 4. The van der Waals surface area contributed by atoms with Crippen molar-refractivity contribution in [3.05, 3.63) is 60.3 Å². The van der Waals surface area contributed by atoms with Crippen LogP contribution in [0.5, 0.6) is 0 Å². The van der Waals surface area contributed by atoms with Crippen molar-refractivity contribution in [3.8, 4) is 17.2 Å². The number of hydrogen-bond acceptors (Lipinski definition) is 6. The molecule has 1 saturated heterocycles. The van der Waals surface area contributed by atoms with E-state index in [0.29, 0.717) is 28.4 Å². The van der Waals surface area contributed by atoms with Crippen LogP contribution < -0.4 is 10.2 Å². The van der Waals surface area contributed by atoms with Crippen molar-refractivity contribution < 1.29 is 13.2 Å². The van der Waals surface area contributed by atoms with Crippen LogP contribution in [0.4, 0.5) is 19.0 Å². The maximum Gasteiger partial charge on any atom is 0.280 e. The molecule has 0 bridgehead atoms. The predicted octanol–water partition coefficient (Wildman–Crippen LogP) is 3.75. The molecule has 4 aromatic heterocycles.